The van der Waals surface area contributed by atoms with Crippen molar-refractivity contribution in [1.82, 2.24) is 4.98 Å². The highest BCUT2D eigenvalue weighted by molar-refractivity contribution is 5.51. The lowest BCUT2D eigenvalue weighted by atomic mass is 10.2. The van der Waals surface area contributed by atoms with Gasteiger partial charge in [-0.05, 0) is 18.2 Å². The van der Waals surface area contributed by atoms with Crippen molar-refractivity contribution in [1.29, 1.82) is 0 Å². The summed E-state index contributed by atoms with van der Waals surface area (Å²) >= 11 is 0. The van der Waals surface area contributed by atoms with Gasteiger partial charge < -0.3 is 4.42 Å². The zero-order valence-electron chi connectivity index (χ0n) is 9.28. The van der Waals surface area contributed by atoms with Gasteiger partial charge in [-0.2, -0.15) is 0 Å². The predicted octanol–water partition coefficient (Wildman–Crippen LogP) is 3.83. The van der Waals surface area contributed by atoms with Gasteiger partial charge in [0.05, 0.1) is 6.20 Å². The Labute approximate surface area is 101 Å². The van der Waals surface area contributed by atoms with Crippen molar-refractivity contribution in [3.63, 3.8) is 0 Å². The number of aromatic nitrogens is 1. The summed E-state index contributed by atoms with van der Waals surface area (Å²) in [6.45, 7) is 0. The fourth-order valence-electron chi connectivity index (χ4n) is 1.29. The molecule has 0 atom stereocenters. The Kier molecular flexibility index (Phi) is 4.12. The quantitative estimate of drug-likeness (QED) is 0.625. The normalized spacial score (nSPS) is 9.18. The van der Waals surface area contributed by atoms with Crippen LogP contribution in [0, 0.1) is 6.07 Å². The van der Waals surface area contributed by atoms with Gasteiger partial charge in [0.2, 0.25) is 5.89 Å². The van der Waals surface area contributed by atoms with Crippen molar-refractivity contribution < 1.29 is 4.42 Å². The minimum Gasteiger partial charge on any atom is -0.445 e. The Morgan fingerprint density at radius 3 is 2.06 bits per heavy atom. The first-order valence-corrected chi connectivity index (χ1v) is 5.33. The number of oxazole rings is 1. The zero-order valence-corrected chi connectivity index (χ0v) is 9.28. The van der Waals surface area contributed by atoms with E-state index in [0.717, 1.165) is 5.56 Å². The van der Waals surface area contributed by atoms with Crippen LogP contribution in [-0.2, 0) is 0 Å². The van der Waals surface area contributed by atoms with Crippen molar-refractivity contribution in [2.75, 3.05) is 0 Å². The highest BCUT2D eigenvalue weighted by atomic mass is 16.3. The first-order chi connectivity index (χ1) is 8.47. The summed E-state index contributed by atoms with van der Waals surface area (Å²) in [4.78, 5) is 4.02. The molecule has 83 valence electrons. The van der Waals surface area contributed by atoms with E-state index >= 15 is 0 Å². The lowest BCUT2D eigenvalue weighted by Gasteiger charge is -1.91. The average molecular weight is 222 g/mol. The summed E-state index contributed by atoms with van der Waals surface area (Å²) < 4.78 is 5.11. The van der Waals surface area contributed by atoms with Gasteiger partial charge in [0, 0.05) is 5.56 Å². The monoisotopic (exact) mass is 222 g/mol. The SMILES string of the molecule is [c]1ccccc1.c1ccc(-c2ncco2)cc1. The number of hydrogen-bond donors (Lipinski definition) is 0. The summed E-state index contributed by atoms with van der Waals surface area (Å²) in [6, 6.07) is 22.3. The van der Waals surface area contributed by atoms with Gasteiger partial charge in [-0.3, -0.25) is 0 Å². The molecule has 0 aliphatic carbocycles. The molecule has 0 saturated heterocycles. The molecule has 0 aliphatic heterocycles. The van der Waals surface area contributed by atoms with Crippen LogP contribution in [0.1, 0.15) is 0 Å². The maximum absolute atomic E-state index is 5.11. The van der Waals surface area contributed by atoms with Gasteiger partial charge in [0.1, 0.15) is 6.26 Å². The summed E-state index contributed by atoms with van der Waals surface area (Å²) in [5, 5.41) is 0. The van der Waals surface area contributed by atoms with Crippen LogP contribution in [0.4, 0.5) is 0 Å². The second-order valence-corrected chi connectivity index (χ2v) is 3.28. The van der Waals surface area contributed by atoms with Crippen LogP contribution in [0.15, 0.2) is 77.5 Å². The van der Waals surface area contributed by atoms with E-state index in [4.69, 9.17) is 4.42 Å². The van der Waals surface area contributed by atoms with Crippen LogP contribution in [0.3, 0.4) is 0 Å². The molecule has 0 aliphatic rings. The molecule has 3 rings (SSSR count). The van der Waals surface area contributed by atoms with Gasteiger partial charge in [-0.25, -0.2) is 4.98 Å². The van der Waals surface area contributed by atoms with Gasteiger partial charge in [0.25, 0.3) is 0 Å². The molecule has 2 nitrogen and oxygen atoms in total. The van der Waals surface area contributed by atoms with Crippen molar-refractivity contribution in [2.24, 2.45) is 0 Å². The lowest BCUT2D eigenvalue weighted by Crippen LogP contribution is -1.73. The van der Waals surface area contributed by atoms with Gasteiger partial charge >= 0.3 is 0 Å². The predicted molar refractivity (Wildman–Crippen MR) is 67.2 cm³/mol. The van der Waals surface area contributed by atoms with Crippen LogP contribution in [0.2, 0.25) is 0 Å². The number of rotatable bonds is 1. The second kappa shape index (κ2) is 6.28. The van der Waals surface area contributed by atoms with E-state index < -0.39 is 0 Å². The fourth-order valence-corrected chi connectivity index (χ4v) is 1.29. The van der Waals surface area contributed by atoms with Crippen LogP contribution in [0.25, 0.3) is 11.5 Å². The maximum Gasteiger partial charge on any atom is 0.225 e. The molecule has 2 heteroatoms. The Balaban J connectivity index is 0.000000153. The highest BCUT2D eigenvalue weighted by Crippen LogP contribution is 2.14. The highest BCUT2D eigenvalue weighted by Gasteiger charge is 1.97. The molecule has 1 radical (unpaired) electrons. The van der Waals surface area contributed by atoms with Gasteiger partial charge in [0.15, 0.2) is 0 Å². The summed E-state index contributed by atoms with van der Waals surface area (Å²) in [7, 11) is 0. The van der Waals surface area contributed by atoms with E-state index in [1.165, 1.54) is 0 Å². The minimum absolute atomic E-state index is 0.672. The third-order valence-electron chi connectivity index (χ3n) is 2.06. The van der Waals surface area contributed by atoms with Crippen molar-refractivity contribution in [2.45, 2.75) is 0 Å². The largest absolute Gasteiger partial charge is 0.445 e. The maximum atomic E-state index is 5.11. The molecule has 17 heavy (non-hydrogen) atoms. The first kappa shape index (κ1) is 11.1. The van der Waals surface area contributed by atoms with E-state index in [0.29, 0.717) is 5.89 Å². The molecule has 0 saturated carbocycles. The minimum atomic E-state index is 0.672. The number of benzene rings is 2. The molecular formula is C15H12NO. The standard InChI is InChI=1S/C9H7NO.C6H5/c1-2-4-8(5-3-1)9-10-6-7-11-9;1-2-4-6-5-3-1/h1-7H;1-5H. The first-order valence-electron chi connectivity index (χ1n) is 5.33. The second-order valence-electron chi connectivity index (χ2n) is 3.28. The molecule has 0 spiro atoms. The molecule has 1 heterocycles. The van der Waals surface area contributed by atoms with Gasteiger partial charge in [-0.15, -0.1) is 0 Å². The summed E-state index contributed by atoms with van der Waals surface area (Å²) in [5.41, 5.74) is 1.01. The van der Waals surface area contributed by atoms with E-state index in [1.807, 2.05) is 60.7 Å². The molecule has 3 aromatic rings. The van der Waals surface area contributed by atoms with Crippen LogP contribution >= 0.6 is 0 Å². The van der Waals surface area contributed by atoms with E-state index in [1.54, 1.807) is 12.5 Å². The Bertz CT molecular complexity index is 476. The van der Waals surface area contributed by atoms with Crippen LogP contribution in [0.5, 0.6) is 0 Å². The van der Waals surface area contributed by atoms with E-state index in [2.05, 4.69) is 11.1 Å². The van der Waals surface area contributed by atoms with Crippen LogP contribution in [-0.4, -0.2) is 4.98 Å². The Hall–Kier alpha value is -2.35. The molecule has 0 N–H and O–H groups in total. The van der Waals surface area contributed by atoms with Gasteiger partial charge in [-0.1, -0.05) is 48.5 Å². The van der Waals surface area contributed by atoms with E-state index in [-0.39, 0.29) is 0 Å². The molecule has 0 bridgehead atoms. The summed E-state index contributed by atoms with van der Waals surface area (Å²) in [6.07, 6.45) is 3.21. The molecule has 0 fully saturated rings. The van der Waals surface area contributed by atoms with E-state index in [9.17, 15) is 0 Å². The smallest absolute Gasteiger partial charge is 0.225 e. The topological polar surface area (TPSA) is 26.0 Å². The zero-order chi connectivity index (χ0) is 11.8. The molecule has 1 aromatic heterocycles. The Morgan fingerprint density at radius 2 is 1.59 bits per heavy atom. The molecular weight excluding hydrogens is 210 g/mol. The third-order valence-corrected chi connectivity index (χ3v) is 2.06. The average Bonchev–Trinajstić information content (AvgIpc) is 2.96. The third kappa shape index (κ3) is 3.61. The van der Waals surface area contributed by atoms with Crippen molar-refractivity contribution >= 4 is 0 Å². The lowest BCUT2D eigenvalue weighted by molar-refractivity contribution is 0.574. The fraction of sp³-hybridized carbons (Fsp3) is 0. The molecule has 0 amide bonds. The van der Waals surface area contributed by atoms with Crippen LogP contribution < -0.4 is 0 Å². The molecule has 0 unspecified atom stereocenters. The van der Waals surface area contributed by atoms with Crippen molar-refractivity contribution in [3.8, 4) is 11.5 Å². The summed E-state index contributed by atoms with van der Waals surface area (Å²) in [5.74, 6) is 0.672. The number of nitrogens with zero attached hydrogens (tertiary/aromatic N) is 1. The Morgan fingerprint density at radius 1 is 0.882 bits per heavy atom. The molecule has 2 aromatic carbocycles. The van der Waals surface area contributed by atoms with Crippen molar-refractivity contribution in [3.05, 3.63) is 79.2 Å². The number of hydrogen-bond acceptors (Lipinski definition) is 2.